The van der Waals surface area contributed by atoms with Gasteiger partial charge in [0.1, 0.15) is 24.6 Å². The molecule has 4 nitrogen and oxygen atoms in total. The molecule has 0 unspecified atom stereocenters. The summed E-state index contributed by atoms with van der Waals surface area (Å²) >= 11 is 0. The van der Waals surface area contributed by atoms with Gasteiger partial charge in [0, 0.05) is 18.7 Å². The molecular formula is C20H22FN2O2+. The van der Waals surface area contributed by atoms with Gasteiger partial charge in [0.15, 0.2) is 5.78 Å². The van der Waals surface area contributed by atoms with Gasteiger partial charge in [0.25, 0.3) is 0 Å². The molecule has 25 heavy (non-hydrogen) atoms. The van der Waals surface area contributed by atoms with Crippen molar-refractivity contribution < 1.29 is 14.0 Å². The number of carbonyl (C=O) groups is 2. The monoisotopic (exact) mass is 341 g/mol. The number of carbonyl (C=O) groups excluding carboxylic acids is 2. The summed E-state index contributed by atoms with van der Waals surface area (Å²) in [5.74, 6) is -0.251. The second-order valence-electron chi connectivity index (χ2n) is 6.48. The first kappa shape index (κ1) is 17.5. The van der Waals surface area contributed by atoms with Crippen molar-refractivity contribution in [3.05, 3.63) is 66.0 Å². The number of nitrogens with zero attached hydrogens (tertiary/aromatic N) is 2. The fourth-order valence-corrected chi connectivity index (χ4v) is 3.40. The molecule has 0 aliphatic carbocycles. The number of benzene rings is 2. The summed E-state index contributed by atoms with van der Waals surface area (Å²) in [6, 6.07) is 15.4. The van der Waals surface area contributed by atoms with Crippen molar-refractivity contribution in [1.29, 1.82) is 0 Å². The second kappa shape index (κ2) is 7.25. The number of amides is 1. The van der Waals surface area contributed by atoms with Crippen LogP contribution in [0.15, 0.2) is 54.6 Å². The standard InChI is InChI=1S/C20H22FN2O2/c1-16(24)23(19-5-3-2-4-6-19)13-11-22(12-14-23)15-20(25)17-7-9-18(21)10-8-17/h2-10H,11-15H2,1H3/q+1. The van der Waals surface area contributed by atoms with Crippen molar-refractivity contribution in [1.82, 2.24) is 9.38 Å². The predicted octanol–water partition coefficient (Wildman–Crippen LogP) is 2.88. The maximum Gasteiger partial charge on any atom is 0.315 e. The van der Waals surface area contributed by atoms with Gasteiger partial charge in [-0.25, -0.2) is 13.7 Å². The highest BCUT2D eigenvalue weighted by Crippen LogP contribution is 2.25. The number of quaternary nitrogens is 1. The van der Waals surface area contributed by atoms with Gasteiger partial charge in [0.2, 0.25) is 0 Å². The Morgan fingerprint density at radius 3 is 2.16 bits per heavy atom. The number of halogens is 1. The summed E-state index contributed by atoms with van der Waals surface area (Å²) in [5.41, 5.74) is 1.52. The van der Waals surface area contributed by atoms with Crippen LogP contribution in [0, 0.1) is 5.82 Å². The smallest absolute Gasteiger partial charge is 0.293 e. The van der Waals surface area contributed by atoms with E-state index in [-0.39, 0.29) is 17.5 Å². The van der Waals surface area contributed by atoms with E-state index in [4.69, 9.17) is 0 Å². The summed E-state index contributed by atoms with van der Waals surface area (Å²) < 4.78 is 13.3. The van der Waals surface area contributed by atoms with Gasteiger partial charge in [-0.15, -0.1) is 0 Å². The van der Waals surface area contributed by atoms with E-state index >= 15 is 0 Å². The maximum absolute atomic E-state index is 13.0. The molecule has 3 rings (SSSR count). The Balaban J connectivity index is 1.67. The highest BCUT2D eigenvalue weighted by atomic mass is 19.1. The summed E-state index contributed by atoms with van der Waals surface area (Å²) in [7, 11) is 0. The average molecular weight is 341 g/mol. The Labute approximate surface area is 147 Å². The van der Waals surface area contributed by atoms with E-state index in [9.17, 15) is 14.0 Å². The number of para-hydroxylation sites is 1. The third kappa shape index (κ3) is 3.67. The van der Waals surface area contributed by atoms with E-state index in [1.165, 1.54) is 24.3 Å². The lowest BCUT2D eigenvalue weighted by Gasteiger charge is -2.41. The fourth-order valence-electron chi connectivity index (χ4n) is 3.40. The van der Waals surface area contributed by atoms with Crippen LogP contribution in [-0.4, -0.2) is 49.3 Å². The van der Waals surface area contributed by atoms with Gasteiger partial charge in [-0.1, -0.05) is 18.2 Å². The number of hydrogen-bond acceptors (Lipinski definition) is 3. The Hall–Kier alpha value is -2.37. The Bertz CT molecular complexity index is 751. The second-order valence-corrected chi connectivity index (χ2v) is 6.48. The van der Waals surface area contributed by atoms with Crippen LogP contribution in [0.1, 0.15) is 17.3 Å². The van der Waals surface area contributed by atoms with E-state index in [1.54, 1.807) is 6.92 Å². The molecule has 0 N–H and O–H groups in total. The van der Waals surface area contributed by atoms with Gasteiger partial charge in [-0.05, 0) is 36.4 Å². The predicted molar refractivity (Wildman–Crippen MR) is 95.8 cm³/mol. The van der Waals surface area contributed by atoms with E-state index < -0.39 is 0 Å². The third-order valence-corrected chi connectivity index (χ3v) is 4.98. The zero-order valence-corrected chi connectivity index (χ0v) is 14.3. The molecule has 0 spiro atoms. The normalized spacial score (nSPS) is 17.2. The van der Waals surface area contributed by atoms with Crippen molar-refractivity contribution in [2.24, 2.45) is 0 Å². The lowest BCUT2D eigenvalue weighted by Crippen LogP contribution is -2.63. The lowest BCUT2D eigenvalue weighted by atomic mass is 10.1. The minimum atomic E-state index is -0.346. The zero-order chi connectivity index (χ0) is 17.9. The molecule has 0 aromatic heterocycles. The molecule has 1 heterocycles. The van der Waals surface area contributed by atoms with Crippen molar-refractivity contribution in [3.8, 4) is 0 Å². The largest absolute Gasteiger partial charge is 0.315 e. The summed E-state index contributed by atoms with van der Waals surface area (Å²) in [6.07, 6.45) is 0. The Morgan fingerprint density at radius 2 is 1.60 bits per heavy atom. The molecule has 0 bridgehead atoms. The summed E-state index contributed by atoms with van der Waals surface area (Å²) in [5, 5.41) is 0. The number of hydrogen-bond donors (Lipinski definition) is 0. The Morgan fingerprint density at radius 1 is 1.00 bits per heavy atom. The zero-order valence-electron chi connectivity index (χ0n) is 14.3. The van der Waals surface area contributed by atoms with E-state index in [1.807, 2.05) is 30.3 Å². The molecule has 5 heteroatoms. The lowest BCUT2D eigenvalue weighted by molar-refractivity contribution is -0.129. The van der Waals surface area contributed by atoms with Crippen LogP contribution < -0.4 is 4.48 Å². The molecule has 130 valence electrons. The molecule has 1 amide bonds. The van der Waals surface area contributed by atoms with E-state index in [2.05, 4.69) is 4.90 Å². The molecule has 1 fully saturated rings. The van der Waals surface area contributed by atoms with Gasteiger partial charge in [0.05, 0.1) is 13.5 Å². The number of ketones is 1. The van der Waals surface area contributed by atoms with Gasteiger partial charge >= 0.3 is 5.91 Å². The number of piperazine rings is 1. The van der Waals surface area contributed by atoms with Crippen LogP contribution in [-0.2, 0) is 4.79 Å². The van der Waals surface area contributed by atoms with Crippen LogP contribution in [0.3, 0.4) is 0 Å². The fraction of sp³-hybridized carbons (Fsp3) is 0.300. The quantitative estimate of drug-likeness (QED) is 0.634. The van der Waals surface area contributed by atoms with Crippen molar-refractivity contribution in [3.63, 3.8) is 0 Å². The minimum absolute atomic E-state index is 0.0254. The van der Waals surface area contributed by atoms with Crippen LogP contribution in [0.4, 0.5) is 10.1 Å². The number of Topliss-reactive ketones (excluding diaryl/α,β-unsaturated/α-hetero) is 1. The van der Waals surface area contributed by atoms with Gasteiger partial charge in [-0.3, -0.25) is 9.69 Å². The first-order chi connectivity index (χ1) is 12.0. The Kier molecular flexibility index (Phi) is 5.06. The van der Waals surface area contributed by atoms with Gasteiger partial charge < -0.3 is 0 Å². The van der Waals surface area contributed by atoms with Crippen LogP contribution >= 0.6 is 0 Å². The topological polar surface area (TPSA) is 37.4 Å². The molecule has 0 radical (unpaired) electrons. The third-order valence-electron chi connectivity index (χ3n) is 4.98. The van der Waals surface area contributed by atoms with Crippen molar-refractivity contribution >= 4 is 17.4 Å². The molecule has 1 aliphatic rings. The minimum Gasteiger partial charge on any atom is -0.293 e. The van der Waals surface area contributed by atoms with Crippen LogP contribution in [0.2, 0.25) is 0 Å². The number of rotatable bonds is 4. The van der Waals surface area contributed by atoms with Crippen molar-refractivity contribution in [2.45, 2.75) is 6.92 Å². The highest BCUT2D eigenvalue weighted by Gasteiger charge is 2.40. The molecule has 0 saturated carbocycles. The first-order valence-corrected chi connectivity index (χ1v) is 8.46. The van der Waals surface area contributed by atoms with E-state index in [0.29, 0.717) is 42.8 Å². The molecule has 1 saturated heterocycles. The van der Waals surface area contributed by atoms with E-state index in [0.717, 1.165) is 5.69 Å². The van der Waals surface area contributed by atoms with Crippen LogP contribution in [0.25, 0.3) is 0 Å². The molecule has 2 aromatic rings. The summed E-state index contributed by atoms with van der Waals surface area (Å²) in [6.45, 7) is 4.56. The average Bonchev–Trinajstić information content (AvgIpc) is 2.63. The summed E-state index contributed by atoms with van der Waals surface area (Å²) in [4.78, 5) is 26.8. The molecular weight excluding hydrogens is 319 g/mol. The first-order valence-electron chi connectivity index (χ1n) is 8.46. The van der Waals surface area contributed by atoms with Crippen molar-refractivity contribution in [2.75, 3.05) is 32.7 Å². The maximum atomic E-state index is 13.0. The SMILES string of the molecule is CC(=O)[N+]1(c2ccccc2)CCN(CC(=O)c2ccc(F)cc2)CC1. The highest BCUT2D eigenvalue weighted by molar-refractivity contribution is 5.97. The molecule has 1 aliphatic heterocycles. The van der Waals surface area contributed by atoms with Gasteiger partial charge in [-0.2, -0.15) is 0 Å². The molecule has 0 atom stereocenters. The van der Waals surface area contributed by atoms with Crippen LogP contribution in [0.5, 0.6) is 0 Å². The molecule has 2 aromatic carbocycles.